The fourth-order valence-electron chi connectivity index (χ4n) is 2.70. The molecule has 0 aliphatic rings. The first kappa shape index (κ1) is 18.7. The molecular formula is C20H28ClN. The maximum Gasteiger partial charge on any atom is -0.00189 e. The fraction of sp³-hybridized carbons (Fsp3) is 0.400. The average Bonchev–Trinajstić information content (AvgIpc) is 2.56. The van der Waals surface area contributed by atoms with Crippen molar-refractivity contribution in [2.75, 3.05) is 19.6 Å². The summed E-state index contributed by atoms with van der Waals surface area (Å²) in [7, 11) is 0. The molecule has 2 rings (SSSR count). The van der Waals surface area contributed by atoms with E-state index in [2.05, 4.69) is 73.3 Å². The van der Waals surface area contributed by atoms with E-state index in [1.165, 1.54) is 55.6 Å². The molecule has 2 aromatic carbocycles. The molecule has 2 heteroatoms. The van der Waals surface area contributed by atoms with Gasteiger partial charge in [-0.2, -0.15) is 0 Å². The molecule has 0 atom stereocenters. The number of aryl methyl sites for hydroxylation is 1. The zero-order valence-electron chi connectivity index (χ0n) is 13.8. The van der Waals surface area contributed by atoms with E-state index >= 15 is 0 Å². The monoisotopic (exact) mass is 317 g/mol. The fourth-order valence-corrected chi connectivity index (χ4v) is 2.70. The quantitative estimate of drug-likeness (QED) is 0.586. The summed E-state index contributed by atoms with van der Waals surface area (Å²) in [6, 6.07) is 19.6. The van der Waals surface area contributed by atoms with Gasteiger partial charge in [0.15, 0.2) is 0 Å². The van der Waals surface area contributed by atoms with Crippen LogP contribution < -0.4 is 0 Å². The Bertz CT molecular complexity index is 503. The molecule has 0 N–H and O–H groups in total. The van der Waals surface area contributed by atoms with E-state index in [1.807, 2.05) is 0 Å². The van der Waals surface area contributed by atoms with Crippen molar-refractivity contribution in [2.24, 2.45) is 0 Å². The molecule has 0 saturated heterocycles. The minimum absolute atomic E-state index is 0. The third kappa shape index (κ3) is 5.82. The van der Waals surface area contributed by atoms with Crippen molar-refractivity contribution in [3.8, 4) is 11.1 Å². The summed E-state index contributed by atoms with van der Waals surface area (Å²) < 4.78 is 0. The Morgan fingerprint density at radius 1 is 0.727 bits per heavy atom. The molecule has 2 aromatic rings. The van der Waals surface area contributed by atoms with E-state index in [9.17, 15) is 0 Å². The van der Waals surface area contributed by atoms with E-state index in [1.54, 1.807) is 0 Å². The summed E-state index contributed by atoms with van der Waals surface area (Å²) in [4.78, 5) is 2.50. The highest BCUT2D eigenvalue weighted by atomic mass is 35.5. The molecule has 0 aliphatic heterocycles. The number of rotatable bonds is 8. The van der Waals surface area contributed by atoms with E-state index < -0.39 is 0 Å². The van der Waals surface area contributed by atoms with Crippen LogP contribution >= 0.6 is 12.4 Å². The lowest BCUT2D eigenvalue weighted by Crippen LogP contribution is -2.23. The lowest BCUT2D eigenvalue weighted by atomic mass is 10.0. The van der Waals surface area contributed by atoms with Gasteiger partial charge < -0.3 is 4.90 Å². The molecule has 0 saturated carbocycles. The second kappa shape index (κ2) is 10.4. The minimum Gasteiger partial charge on any atom is -0.304 e. The highest BCUT2D eigenvalue weighted by molar-refractivity contribution is 5.85. The first-order chi connectivity index (χ1) is 10.3. The molecule has 0 heterocycles. The normalized spacial score (nSPS) is 10.5. The zero-order chi connectivity index (χ0) is 14.9. The Kier molecular flexibility index (Phi) is 8.88. The van der Waals surface area contributed by atoms with Crippen molar-refractivity contribution >= 4 is 12.4 Å². The van der Waals surface area contributed by atoms with Gasteiger partial charge in [-0.15, -0.1) is 12.4 Å². The van der Waals surface area contributed by atoms with Crippen molar-refractivity contribution < 1.29 is 0 Å². The average molecular weight is 318 g/mol. The topological polar surface area (TPSA) is 3.24 Å². The van der Waals surface area contributed by atoms with Crippen molar-refractivity contribution in [3.63, 3.8) is 0 Å². The predicted octanol–water partition coefficient (Wildman–Crippen LogP) is 5.44. The van der Waals surface area contributed by atoms with Gasteiger partial charge in [0.05, 0.1) is 0 Å². The van der Waals surface area contributed by atoms with Crippen LogP contribution in [-0.4, -0.2) is 24.5 Å². The van der Waals surface area contributed by atoms with Gasteiger partial charge in [-0.1, -0.05) is 68.4 Å². The molecule has 0 amide bonds. The van der Waals surface area contributed by atoms with Crippen LogP contribution in [-0.2, 0) is 6.42 Å². The van der Waals surface area contributed by atoms with Crippen LogP contribution in [0.3, 0.4) is 0 Å². The Morgan fingerprint density at radius 3 is 1.91 bits per heavy atom. The van der Waals surface area contributed by atoms with E-state index in [0.29, 0.717) is 0 Å². The van der Waals surface area contributed by atoms with Crippen LogP contribution in [0.2, 0.25) is 0 Å². The summed E-state index contributed by atoms with van der Waals surface area (Å²) in [6.45, 7) is 8.05. The molecule has 0 aliphatic carbocycles. The molecule has 22 heavy (non-hydrogen) atoms. The lowest BCUT2D eigenvalue weighted by molar-refractivity contribution is 0.297. The van der Waals surface area contributed by atoms with Crippen LogP contribution in [0.4, 0.5) is 0 Å². The first-order valence-electron chi connectivity index (χ1n) is 8.20. The van der Waals surface area contributed by atoms with Gasteiger partial charge in [0.2, 0.25) is 0 Å². The summed E-state index contributed by atoms with van der Waals surface area (Å²) in [5, 5.41) is 0. The van der Waals surface area contributed by atoms with Crippen LogP contribution in [0.25, 0.3) is 11.1 Å². The molecule has 1 nitrogen and oxygen atoms in total. The van der Waals surface area contributed by atoms with Gasteiger partial charge in [-0.3, -0.25) is 0 Å². The third-order valence-corrected chi connectivity index (χ3v) is 4.15. The Balaban J connectivity index is 0.00000242. The second-order valence-electron chi connectivity index (χ2n) is 5.55. The number of halogens is 1. The summed E-state index contributed by atoms with van der Waals surface area (Å²) in [5.74, 6) is 0. The number of unbranched alkanes of at least 4 members (excludes halogenated alkanes) is 1. The molecule has 0 unspecified atom stereocenters. The van der Waals surface area contributed by atoms with E-state index in [-0.39, 0.29) is 12.4 Å². The van der Waals surface area contributed by atoms with E-state index in [4.69, 9.17) is 0 Å². The standard InChI is InChI=1S/C20H27N.ClH/c1-3-21(4-2)17-9-8-10-18-13-15-20(16-14-18)19-11-6-5-7-12-19;/h5-7,11-16H,3-4,8-10,17H2,1-2H3;1H. The Morgan fingerprint density at radius 2 is 1.32 bits per heavy atom. The minimum atomic E-state index is 0. The number of hydrogen-bond donors (Lipinski definition) is 0. The van der Waals surface area contributed by atoms with Crippen molar-refractivity contribution in [3.05, 3.63) is 60.2 Å². The number of benzene rings is 2. The van der Waals surface area contributed by atoms with Gasteiger partial charge in [-0.05, 0) is 55.6 Å². The van der Waals surface area contributed by atoms with Crippen molar-refractivity contribution in [2.45, 2.75) is 33.1 Å². The predicted molar refractivity (Wildman–Crippen MR) is 99.9 cm³/mol. The number of nitrogens with zero attached hydrogens (tertiary/aromatic N) is 1. The molecular weight excluding hydrogens is 290 g/mol. The van der Waals surface area contributed by atoms with E-state index in [0.717, 1.165) is 0 Å². The maximum absolute atomic E-state index is 2.50. The van der Waals surface area contributed by atoms with Crippen LogP contribution in [0.15, 0.2) is 54.6 Å². The van der Waals surface area contributed by atoms with Crippen LogP contribution in [0.5, 0.6) is 0 Å². The van der Waals surface area contributed by atoms with Crippen LogP contribution in [0, 0.1) is 0 Å². The highest BCUT2D eigenvalue weighted by Gasteiger charge is 2.00. The molecule has 0 bridgehead atoms. The summed E-state index contributed by atoms with van der Waals surface area (Å²) in [5.41, 5.74) is 4.06. The molecule has 0 radical (unpaired) electrons. The van der Waals surface area contributed by atoms with Crippen molar-refractivity contribution in [1.82, 2.24) is 4.90 Å². The smallest absolute Gasteiger partial charge is 0.00189 e. The second-order valence-corrected chi connectivity index (χ2v) is 5.55. The van der Waals surface area contributed by atoms with Crippen LogP contribution in [0.1, 0.15) is 32.3 Å². The molecule has 0 aromatic heterocycles. The van der Waals surface area contributed by atoms with Gasteiger partial charge >= 0.3 is 0 Å². The molecule has 120 valence electrons. The molecule has 0 fully saturated rings. The van der Waals surface area contributed by atoms with Crippen molar-refractivity contribution in [1.29, 1.82) is 0 Å². The van der Waals surface area contributed by atoms with Gasteiger partial charge in [0.25, 0.3) is 0 Å². The third-order valence-electron chi connectivity index (χ3n) is 4.15. The first-order valence-corrected chi connectivity index (χ1v) is 8.20. The highest BCUT2D eigenvalue weighted by Crippen LogP contribution is 2.19. The Hall–Kier alpha value is -1.31. The summed E-state index contributed by atoms with van der Waals surface area (Å²) >= 11 is 0. The van der Waals surface area contributed by atoms with Gasteiger partial charge in [-0.25, -0.2) is 0 Å². The van der Waals surface area contributed by atoms with Gasteiger partial charge in [0.1, 0.15) is 0 Å². The lowest BCUT2D eigenvalue weighted by Gasteiger charge is -2.17. The largest absolute Gasteiger partial charge is 0.304 e. The SMILES string of the molecule is CCN(CC)CCCCc1ccc(-c2ccccc2)cc1.Cl. The van der Waals surface area contributed by atoms with Gasteiger partial charge in [0, 0.05) is 0 Å². The summed E-state index contributed by atoms with van der Waals surface area (Å²) in [6.07, 6.45) is 3.76. The Labute approximate surface area is 141 Å². The zero-order valence-corrected chi connectivity index (χ0v) is 14.6. The molecule has 0 spiro atoms. The number of hydrogen-bond acceptors (Lipinski definition) is 1. The maximum atomic E-state index is 2.50.